The van der Waals surface area contributed by atoms with Gasteiger partial charge in [0.25, 0.3) is 5.69 Å². The van der Waals surface area contributed by atoms with Crippen LogP contribution < -0.4 is 9.47 Å². The number of carbonyl (C=O) groups excluding carboxylic acids is 1. The molecule has 32 heavy (non-hydrogen) atoms. The number of hydrogen-bond donors (Lipinski definition) is 0. The van der Waals surface area contributed by atoms with Crippen molar-refractivity contribution in [3.8, 4) is 17.6 Å². The molecule has 0 atom stereocenters. The fourth-order valence-electron chi connectivity index (χ4n) is 2.93. The van der Waals surface area contributed by atoms with Crippen molar-refractivity contribution >= 4 is 34.9 Å². The Morgan fingerprint density at radius 1 is 1.06 bits per heavy atom. The van der Waals surface area contributed by atoms with E-state index in [1.54, 1.807) is 49.4 Å². The van der Waals surface area contributed by atoms with Gasteiger partial charge in [-0.1, -0.05) is 35.9 Å². The van der Waals surface area contributed by atoms with Crippen LogP contribution in [0, 0.1) is 28.4 Å². The number of hydrogen-bond acceptors (Lipinski definition) is 6. The summed E-state index contributed by atoms with van der Waals surface area (Å²) in [5.74, 6) is -0.349. The van der Waals surface area contributed by atoms with Crippen LogP contribution >= 0.6 is 11.6 Å². The molecule has 0 aromatic heterocycles. The summed E-state index contributed by atoms with van der Waals surface area (Å²) in [7, 11) is 1.42. The first-order valence-corrected chi connectivity index (χ1v) is 9.73. The van der Waals surface area contributed by atoms with Gasteiger partial charge in [-0.25, -0.2) is 4.79 Å². The molecule has 3 rings (SSSR count). The van der Waals surface area contributed by atoms with E-state index < -0.39 is 10.9 Å². The minimum Gasteiger partial charge on any atom is -0.493 e. The molecular formula is C24H17ClN2O5. The second kappa shape index (κ2) is 9.77. The molecule has 0 saturated heterocycles. The maximum Gasteiger partial charge on any atom is 0.343 e. The zero-order valence-electron chi connectivity index (χ0n) is 17.2. The second-order valence-electron chi connectivity index (χ2n) is 6.73. The summed E-state index contributed by atoms with van der Waals surface area (Å²) in [5.41, 5.74) is 2.09. The highest BCUT2D eigenvalue weighted by Crippen LogP contribution is 2.31. The molecule has 0 aliphatic carbocycles. The van der Waals surface area contributed by atoms with Gasteiger partial charge < -0.3 is 9.47 Å². The molecule has 0 amide bonds. The summed E-state index contributed by atoms with van der Waals surface area (Å²) in [4.78, 5) is 23.1. The van der Waals surface area contributed by atoms with Crippen LogP contribution in [0.4, 0.5) is 5.69 Å². The fourth-order valence-corrected chi connectivity index (χ4v) is 3.05. The first-order chi connectivity index (χ1) is 15.3. The van der Waals surface area contributed by atoms with Gasteiger partial charge in [0, 0.05) is 16.7 Å². The number of aryl methyl sites for hydroxylation is 1. The highest BCUT2D eigenvalue weighted by Gasteiger charge is 2.18. The van der Waals surface area contributed by atoms with Crippen molar-refractivity contribution in [2.75, 3.05) is 7.11 Å². The van der Waals surface area contributed by atoms with Crippen molar-refractivity contribution in [2.45, 2.75) is 6.92 Å². The van der Waals surface area contributed by atoms with Crippen LogP contribution in [0.1, 0.15) is 27.0 Å². The van der Waals surface area contributed by atoms with Crippen LogP contribution in [0.3, 0.4) is 0 Å². The number of methoxy groups -OCH3 is 1. The number of benzene rings is 3. The fraction of sp³-hybridized carbons (Fsp3) is 0.0833. The number of allylic oxidation sites excluding steroid dienone is 1. The number of ether oxygens (including phenoxy) is 2. The molecule has 3 aromatic carbocycles. The summed E-state index contributed by atoms with van der Waals surface area (Å²) < 4.78 is 10.7. The standard InChI is InChI=1S/C24H17ClN2O5/c1-15-3-5-18(13-21(15)27(29)30)24(28)32-22-10-4-16(12-23(22)31-2)11-19(14-26)17-6-8-20(25)9-7-17/h3-13H,1-2H3/b19-11+. The Balaban J connectivity index is 1.88. The van der Waals surface area contributed by atoms with E-state index in [4.69, 9.17) is 21.1 Å². The first kappa shape index (κ1) is 22.5. The predicted octanol–water partition coefficient (Wildman–Crippen LogP) is 5.85. The Bertz CT molecular complexity index is 1260. The molecule has 0 aliphatic heterocycles. The van der Waals surface area contributed by atoms with Crippen LogP contribution in [0.25, 0.3) is 11.6 Å². The summed E-state index contributed by atoms with van der Waals surface area (Å²) in [6.45, 7) is 1.59. The Morgan fingerprint density at radius 3 is 2.38 bits per heavy atom. The van der Waals surface area contributed by atoms with E-state index in [0.717, 1.165) is 0 Å². The average Bonchev–Trinajstić information content (AvgIpc) is 2.79. The van der Waals surface area contributed by atoms with Crippen molar-refractivity contribution in [2.24, 2.45) is 0 Å². The molecule has 3 aromatic rings. The Hall–Kier alpha value is -4.15. The molecule has 7 nitrogen and oxygen atoms in total. The van der Waals surface area contributed by atoms with Gasteiger partial charge in [0.05, 0.1) is 29.2 Å². The minimum atomic E-state index is -0.756. The van der Waals surface area contributed by atoms with E-state index in [2.05, 4.69) is 6.07 Å². The maximum absolute atomic E-state index is 12.5. The highest BCUT2D eigenvalue weighted by atomic mass is 35.5. The number of rotatable bonds is 6. The molecule has 0 unspecified atom stereocenters. The first-order valence-electron chi connectivity index (χ1n) is 9.35. The smallest absolute Gasteiger partial charge is 0.343 e. The van der Waals surface area contributed by atoms with Crippen molar-refractivity contribution < 1.29 is 19.2 Å². The number of carbonyl (C=O) groups is 1. The molecule has 0 saturated carbocycles. The third kappa shape index (κ3) is 5.12. The van der Waals surface area contributed by atoms with Gasteiger partial charge >= 0.3 is 5.97 Å². The van der Waals surface area contributed by atoms with Gasteiger partial charge in [-0.2, -0.15) is 5.26 Å². The third-order valence-electron chi connectivity index (χ3n) is 4.62. The van der Waals surface area contributed by atoms with Crippen LogP contribution in [0.15, 0.2) is 60.7 Å². The molecule has 0 N–H and O–H groups in total. The van der Waals surface area contributed by atoms with Gasteiger partial charge in [0.15, 0.2) is 11.5 Å². The van der Waals surface area contributed by atoms with Crippen molar-refractivity contribution in [1.82, 2.24) is 0 Å². The average molecular weight is 449 g/mol. The molecule has 0 fully saturated rings. The summed E-state index contributed by atoms with van der Waals surface area (Å²) in [5, 5.41) is 21.2. The molecule has 8 heteroatoms. The zero-order chi connectivity index (χ0) is 23.3. The van der Waals surface area contributed by atoms with Gasteiger partial charge in [-0.3, -0.25) is 10.1 Å². The number of esters is 1. The van der Waals surface area contributed by atoms with E-state index in [-0.39, 0.29) is 22.7 Å². The van der Waals surface area contributed by atoms with Crippen LogP contribution in [-0.2, 0) is 0 Å². The number of halogens is 1. The summed E-state index contributed by atoms with van der Waals surface area (Å²) in [6, 6.07) is 17.9. The van der Waals surface area contributed by atoms with Crippen molar-refractivity contribution in [3.63, 3.8) is 0 Å². The third-order valence-corrected chi connectivity index (χ3v) is 4.87. The van der Waals surface area contributed by atoms with Gasteiger partial charge in [-0.05, 0) is 54.5 Å². The van der Waals surface area contributed by atoms with Crippen LogP contribution in [0.5, 0.6) is 11.5 Å². The highest BCUT2D eigenvalue weighted by molar-refractivity contribution is 6.30. The quantitative estimate of drug-likeness (QED) is 0.117. The van der Waals surface area contributed by atoms with E-state index >= 15 is 0 Å². The largest absolute Gasteiger partial charge is 0.493 e. The summed E-state index contributed by atoms with van der Waals surface area (Å²) in [6.07, 6.45) is 1.67. The summed E-state index contributed by atoms with van der Waals surface area (Å²) >= 11 is 5.90. The zero-order valence-corrected chi connectivity index (χ0v) is 17.9. The molecular weight excluding hydrogens is 432 g/mol. The molecule has 0 radical (unpaired) electrons. The number of nitriles is 1. The van der Waals surface area contributed by atoms with Crippen LogP contribution in [0.2, 0.25) is 5.02 Å². The Morgan fingerprint density at radius 2 is 1.75 bits per heavy atom. The van der Waals surface area contributed by atoms with Crippen molar-refractivity contribution in [1.29, 1.82) is 5.26 Å². The normalized spacial score (nSPS) is 10.9. The van der Waals surface area contributed by atoms with E-state index in [0.29, 0.717) is 27.3 Å². The number of nitrogens with zero attached hydrogens (tertiary/aromatic N) is 2. The van der Waals surface area contributed by atoms with Gasteiger partial charge in [0.2, 0.25) is 0 Å². The molecule has 0 heterocycles. The topological polar surface area (TPSA) is 102 Å². The lowest BCUT2D eigenvalue weighted by atomic mass is 10.0. The predicted molar refractivity (Wildman–Crippen MR) is 121 cm³/mol. The van der Waals surface area contributed by atoms with Crippen molar-refractivity contribution in [3.05, 3.63) is 98.1 Å². The van der Waals surface area contributed by atoms with E-state index in [1.165, 1.54) is 31.4 Å². The Kier molecular flexibility index (Phi) is 6.88. The maximum atomic E-state index is 12.5. The molecule has 0 spiro atoms. The lowest BCUT2D eigenvalue weighted by molar-refractivity contribution is -0.385. The van der Waals surface area contributed by atoms with Gasteiger partial charge in [0.1, 0.15) is 0 Å². The lowest BCUT2D eigenvalue weighted by Crippen LogP contribution is -2.10. The SMILES string of the molecule is COc1cc(/C=C(\C#N)c2ccc(Cl)cc2)ccc1OC(=O)c1ccc(C)c([N+](=O)[O-])c1. The molecule has 0 aliphatic rings. The molecule has 0 bridgehead atoms. The number of nitro benzene ring substituents is 1. The van der Waals surface area contributed by atoms with Gasteiger partial charge in [-0.15, -0.1) is 0 Å². The molecule has 160 valence electrons. The minimum absolute atomic E-state index is 0.0443. The lowest BCUT2D eigenvalue weighted by Gasteiger charge is -2.10. The Labute approximate surface area is 189 Å². The number of nitro groups is 1. The van der Waals surface area contributed by atoms with E-state index in [9.17, 15) is 20.2 Å². The van der Waals surface area contributed by atoms with Crippen LogP contribution in [-0.4, -0.2) is 18.0 Å². The second-order valence-corrected chi connectivity index (χ2v) is 7.17. The monoisotopic (exact) mass is 448 g/mol. The van der Waals surface area contributed by atoms with E-state index in [1.807, 2.05) is 0 Å².